The second kappa shape index (κ2) is 6.89. The topological polar surface area (TPSA) is 72.2 Å². The molecule has 0 aliphatic rings. The van der Waals surface area contributed by atoms with Crippen LogP contribution in [0.15, 0.2) is 22.7 Å². The zero-order valence-corrected chi connectivity index (χ0v) is 12.8. The van der Waals surface area contributed by atoms with Crippen molar-refractivity contribution in [2.75, 3.05) is 18.5 Å². The Kier molecular flexibility index (Phi) is 5.81. The van der Waals surface area contributed by atoms with Gasteiger partial charge in [-0.25, -0.2) is 0 Å². The minimum atomic E-state index is -0.858. The zero-order chi connectivity index (χ0) is 13.7. The summed E-state index contributed by atoms with van der Waals surface area (Å²) in [5.41, 5.74) is 6.70. The lowest BCUT2D eigenvalue weighted by Crippen LogP contribution is -2.27. The number of carbonyl (C=O) groups is 1. The van der Waals surface area contributed by atoms with Crippen molar-refractivity contribution in [1.29, 1.82) is 0 Å². The number of hydrogen-bond donors (Lipinski definition) is 2. The molecule has 0 saturated heterocycles. The number of rotatable bonds is 5. The zero-order valence-electron chi connectivity index (χ0n) is 10.4. The highest BCUT2D eigenvalue weighted by Crippen LogP contribution is 2.19. The van der Waals surface area contributed by atoms with Crippen molar-refractivity contribution in [3.05, 3.63) is 28.2 Å². The molecule has 2 atom stereocenters. The summed E-state index contributed by atoms with van der Waals surface area (Å²) in [6.45, 7) is 2.40. The van der Waals surface area contributed by atoms with Crippen LogP contribution in [0.25, 0.3) is 0 Å². The standard InChI is InChI=1S/C12H17BrN2O2S/c1-8(18(2)17)5-6-15-12(16)10-7-9(14)3-4-11(10)13/h3-4,7-8H,5-6,14H2,1-2H3,(H,15,16). The average Bonchev–Trinajstić information content (AvgIpc) is 2.31. The molecule has 0 aromatic heterocycles. The van der Waals surface area contributed by atoms with Crippen molar-refractivity contribution in [2.45, 2.75) is 18.6 Å². The molecule has 2 unspecified atom stereocenters. The van der Waals surface area contributed by atoms with E-state index in [1.807, 2.05) is 6.92 Å². The summed E-state index contributed by atoms with van der Waals surface area (Å²) in [5.74, 6) is -0.178. The van der Waals surface area contributed by atoms with E-state index in [4.69, 9.17) is 5.73 Å². The van der Waals surface area contributed by atoms with Gasteiger partial charge in [-0.15, -0.1) is 0 Å². The number of halogens is 1. The van der Waals surface area contributed by atoms with Crippen molar-refractivity contribution in [3.8, 4) is 0 Å². The van der Waals surface area contributed by atoms with E-state index in [1.54, 1.807) is 24.5 Å². The predicted molar refractivity (Wildman–Crippen MR) is 79.0 cm³/mol. The quantitative estimate of drug-likeness (QED) is 0.809. The minimum Gasteiger partial charge on any atom is -0.399 e. The molecule has 3 N–H and O–H groups in total. The SMILES string of the molecule is CC(CCNC(=O)c1cc(N)ccc1Br)S(C)=O. The van der Waals surface area contributed by atoms with Crippen LogP contribution < -0.4 is 11.1 Å². The molecule has 4 nitrogen and oxygen atoms in total. The van der Waals surface area contributed by atoms with Gasteiger partial charge in [0.05, 0.1) is 5.56 Å². The average molecular weight is 333 g/mol. The monoisotopic (exact) mass is 332 g/mol. The van der Waals surface area contributed by atoms with Crippen molar-refractivity contribution in [2.24, 2.45) is 0 Å². The predicted octanol–water partition coefficient (Wildman–Crippen LogP) is 1.92. The van der Waals surface area contributed by atoms with Crippen LogP contribution in [-0.2, 0) is 10.8 Å². The third-order valence-corrected chi connectivity index (χ3v) is 4.70. The highest BCUT2D eigenvalue weighted by atomic mass is 79.9. The van der Waals surface area contributed by atoms with Crippen LogP contribution in [0.4, 0.5) is 5.69 Å². The summed E-state index contributed by atoms with van der Waals surface area (Å²) < 4.78 is 11.9. The fraction of sp³-hybridized carbons (Fsp3) is 0.417. The lowest BCUT2D eigenvalue weighted by Gasteiger charge is -2.10. The first-order chi connectivity index (χ1) is 8.41. The van der Waals surface area contributed by atoms with Gasteiger partial charge in [0.2, 0.25) is 0 Å². The summed E-state index contributed by atoms with van der Waals surface area (Å²) >= 11 is 3.31. The molecule has 0 heterocycles. The van der Waals surface area contributed by atoms with E-state index < -0.39 is 10.8 Å². The summed E-state index contributed by atoms with van der Waals surface area (Å²) in [6.07, 6.45) is 2.36. The van der Waals surface area contributed by atoms with Crippen molar-refractivity contribution >= 4 is 38.3 Å². The van der Waals surface area contributed by atoms with Gasteiger partial charge >= 0.3 is 0 Å². The maximum atomic E-state index is 11.9. The molecule has 0 radical (unpaired) electrons. The molecule has 0 bridgehead atoms. The Morgan fingerprint density at radius 3 is 2.83 bits per heavy atom. The minimum absolute atomic E-state index is 0.0783. The van der Waals surface area contributed by atoms with Crippen LogP contribution in [0.5, 0.6) is 0 Å². The van der Waals surface area contributed by atoms with Crippen LogP contribution in [0.3, 0.4) is 0 Å². The van der Waals surface area contributed by atoms with E-state index in [0.717, 1.165) is 0 Å². The van der Waals surface area contributed by atoms with E-state index in [-0.39, 0.29) is 11.2 Å². The Morgan fingerprint density at radius 2 is 2.22 bits per heavy atom. The number of nitrogens with two attached hydrogens (primary N) is 1. The van der Waals surface area contributed by atoms with Gasteiger partial charge < -0.3 is 11.1 Å². The molecule has 1 aromatic rings. The second-order valence-electron chi connectivity index (χ2n) is 4.09. The van der Waals surface area contributed by atoms with Gasteiger partial charge in [0.25, 0.3) is 5.91 Å². The van der Waals surface area contributed by atoms with E-state index in [0.29, 0.717) is 28.7 Å². The fourth-order valence-corrected chi connectivity index (χ4v) is 2.24. The van der Waals surface area contributed by atoms with Gasteiger partial charge in [-0.1, -0.05) is 6.92 Å². The Hall–Kier alpha value is -0.880. The number of anilines is 1. The summed E-state index contributed by atoms with van der Waals surface area (Å²) in [5, 5.41) is 2.87. The van der Waals surface area contributed by atoms with Gasteiger partial charge in [0.15, 0.2) is 0 Å². The second-order valence-corrected chi connectivity index (χ2v) is 6.75. The highest BCUT2D eigenvalue weighted by molar-refractivity contribution is 9.10. The lowest BCUT2D eigenvalue weighted by atomic mass is 10.2. The van der Waals surface area contributed by atoms with E-state index >= 15 is 0 Å². The fourth-order valence-electron chi connectivity index (χ4n) is 1.37. The Morgan fingerprint density at radius 1 is 1.56 bits per heavy atom. The number of amides is 1. The molecule has 18 heavy (non-hydrogen) atoms. The number of nitrogen functional groups attached to an aromatic ring is 1. The number of hydrogen-bond acceptors (Lipinski definition) is 3. The van der Waals surface area contributed by atoms with Crippen LogP contribution >= 0.6 is 15.9 Å². The number of nitrogens with one attached hydrogen (secondary N) is 1. The van der Waals surface area contributed by atoms with Crippen LogP contribution in [0, 0.1) is 0 Å². The third-order valence-electron chi connectivity index (χ3n) is 2.64. The molecular weight excluding hydrogens is 316 g/mol. The molecule has 100 valence electrons. The maximum absolute atomic E-state index is 11.9. The van der Waals surface area contributed by atoms with Crippen LogP contribution in [0.2, 0.25) is 0 Å². The highest BCUT2D eigenvalue weighted by Gasteiger charge is 2.11. The van der Waals surface area contributed by atoms with Gasteiger partial charge in [-0.3, -0.25) is 9.00 Å². The molecule has 6 heteroatoms. The van der Waals surface area contributed by atoms with E-state index in [1.165, 1.54) is 0 Å². The molecule has 1 amide bonds. The van der Waals surface area contributed by atoms with Gasteiger partial charge in [-0.05, 0) is 40.5 Å². The van der Waals surface area contributed by atoms with Crippen LogP contribution in [-0.4, -0.2) is 28.2 Å². The largest absolute Gasteiger partial charge is 0.399 e. The summed E-state index contributed by atoms with van der Waals surface area (Å²) in [7, 11) is -0.858. The molecule has 0 spiro atoms. The smallest absolute Gasteiger partial charge is 0.252 e. The maximum Gasteiger partial charge on any atom is 0.252 e. The van der Waals surface area contributed by atoms with E-state index in [2.05, 4.69) is 21.2 Å². The first-order valence-electron chi connectivity index (χ1n) is 5.57. The van der Waals surface area contributed by atoms with Gasteiger partial charge in [0, 0.05) is 39.0 Å². The first-order valence-corrected chi connectivity index (χ1v) is 7.98. The van der Waals surface area contributed by atoms with Crippen LogP contribution in [0.1, 0.15) is 23.7 Å². The Bertz CT molecular complexity index is 465. The van der Waals surface area contributed by atoms with Gasteiger partial charge in [0.1, 0.15) is 0 Å². The summed E-state index contributed by atoms with van der Waals surface area (Å²) in [6, 6.07) is 5.10. The Balaban J connectivity index is 2.55. The van der Waals surface area contributed by atoms with Crippen molar-refractivity contribution in [1.82, 2.24) is 5.32 Å². The normalized spacial score (nSPS) is 13.9. The van der Waals surface area contributed by atoms with Crippen molar-refractivity contribution < 1.29 is 9.00 Å². The molecule has 0 fully saturated rings. The van der Waals surface area contributed by atoms with Gasteiger partial charge in [-0.2, -0.15) is 0 Å². The van der Waals surface area contributed by atoms with Crippen molar-refractivity contribution in [3.63, 3.8) is 0 Å². The first kappa shape index (κ1) is 15.2. The summed E-state index contributed by atoms with van der Waals surface area (Å²) in [4.78, 5) is 11.9. The molecule has 1 aromatic carbocycles. The lowest BCUT2D eigenvalue weighted by molar-refractivity contribution is 0.0952. The molecule has 1 rings (SSSR count). The third kappa shape index (κ3) is 4.42. The molecule has 0 aliphatic heterocycles. The molecular formula is C12H17BrN2O2S. The number of benzene rings is 1. The number of carbonyl (C=O) groups excluding carboxylic acids is 1. The Labute approximate surface area is 118 Å². The molecule has 0 aliphatic carbocycles. The molecule has 0 saturated carbocycles. The van der Waals surface area contributed by atoms with E-state index in [9.17, 15) is 9.00 Å².